The predicted octanol–water partition coefficient (Wildman–Crippen LogP) is -1.27. The monoisotopic (exact) mass is 716 g/mol. The molecule has 3 heterocycles. The van der Waals surface area contributed by atoms with Crippen LogP contribution in [0.4, 0.5) is 0 Å². The maximum absolute atomic E-state index is 14.1. The molecule has 0 saturated carbocycles. The zero-order valence-corrected chi connectivity index (χ0v) is 26.7. The van der Waals surface area contributed by atoms with Gasteiger partial charge in [0.2, 0.25) is 17.5 Å². The molecule has 5 rings (SSSR count). The molecule has 2 aliphatic heterocycles. The molecule has 19 heteroatoms. The summed E-state index contributed by atoms with van der Waals surface area (Å²) in [5.74, 6) is -4.10. The first-order valence-corrected chi connectivity index (χ1v) is 16.6. The van der Waals surface area contributed by atoms with Gasteiger partial charge in [0.1, 0.15) is 59.4 Å². The van der Waals surface area contributed by atoms with Crippen LogP contribution in [0.15, 0.2) is 39.5 Å². The maximum Gasteiger partial charge on any atom is 0.309 e. The van der Waals surface area contributed by atoms with Crippen LogP contribution in [-0.2, 0) is 24.3 Å². The Labute approximate surface area is 277 Å². The maximum atomic E-state index is 14.1. The zero-order chi connectivity index (χ0) is 35.9. The van der Waals surface area contributed by atoms with Gasteiger partial charge in [0.25, 0.3) is 0 Å². The number of benzene rings is 2. The molecular weight excluding hydrogens is 680 g/mol. The summed E-state index contributed by atoms with van der Waals surface area (Å²) in [6, 6.07) is 5.05. The summed E-state index contributed by atoms with van der Waals surface area (Å²) in [5.41, 5.74) is -1.63. The standard InChI is InChI=1S/C30H36O18S/c1-3-6-49(41,42)48-17-9-13(31)8-16-19(17)22(36)28(27(45-16)12-4-5-14(32)15(33)7-12)47-30-26(40)24(38)21(35)18(46-30)10-43-29-25(39)23(37)20(34)11(2)44-29/h4-5,7-9,11,18,20-21,23-26,29-35,37-40H,3,6,10H2,1-2H3/t11-,18+,20-,21+,23+,24-,25+,26+,29+,30-/m0/s1. The van der Waals surface area contributed by atoms with Crippen LogP contribution in [0, 0.1) is 0 Å². The number of aromatic hydroxyl groups is 3. The average molecular weight is 717 g/mol. The minimum Gasteiger partial charge on any atom is -0.508 e. The number of phenolic OH excluding ortho intramolecular Hbond substituents is 3. The first-order valence-electron chi connectivity index (χ1n) is 15.0. The second kappa shape index (κ2) is 14.2. The third-order valence-corrected chi connectivity index (χ3v) is 9.29. The topological polar surface area (TPSA) is 293 Å². The number of fused-ring (bicyclic) bond motifs is 1. The van der Waals surface area contributed by atoms with Gasteiger partial charge in [0.05, 0.1) is 18.5 Å². The van der Waals surface area contributed by atoms with E-state index in [4.69, 9.17) is 27.5 Å². The highest BCUT2D eigenvalue weighted by Gasteiger charge is 2.48. The van der Waals surface area contributed by atoms with E-state index >= 15 is 0 Å². The van der Waals surface area contributed by atoms with Crippen LogP contribution in [0.3, 0.4) is 0 Å². The quantitative estimate of drug-likeness (QED) is 0.0872. The minimum absolute atomic E-state index is 0.0993. The normalized spacial score (nSPS) is 30.7. The summed E-state index contributed by atoms with van der Waals surface area (Å²) in [5, 5.41) is 92.2. The Morgan fingerprint density at radius 2 is 1.49 bits per heavy atom. The van der Waals surface area contributed by atoms with Crippen molar-refractivity contribution < 1.29 is 81.9 Å². The van der Waals surface area contributed by atoms with Gasteiger partial charge in [-0.15, -0.1) is 0 Å². The van der Waals surface area contributed by atoms with E-state index in [2.05, 4.69) is 0 Å². The number of ether oxygens (including phenoxy) is 4. The van der Waals surface area contributed by atoms with E-state index in [9.17, 15) is 59.2 Å². The summed E-state index contributed by atoms with van der Waals surface area (Å²) in [4.78, 5) is 14.1. The predicted molar refractivity (Wildman–Crippen MR) is 163 cm³/mol. The molecular formula is C30H36O18S. The van der Waals surface area contributed by atoms with Gasteiger partial charge in [-0.05, 0) is 31.5 Å². The lowest BCUT2D eigenvalue weighted by molar-refractivity contribution is -0.318. The van der Waals surface area contributed by atoms with Crippen LogP contribution in [0.25, 0.3) is 22.3 Å². The first kappa shape index (κ1) is 36.5. The molecule has 18 nitrogen and oxygen atoms in total. The molecule has 0 spiro atoms. The third-order valence-electron chi connectivity index (χ3n) is 7.95. The highest BCUT2D eigenvalue weighted by Crippen LogP contribution is 2.40. The second-order valence-corrected chi connectivity index (χ2v) is 13.3. The molecule has 49 heavy (non-hydrogen) atoms. The number of rotatable bonds is 10. The van der Waals surface area contributed by atoms with Crippen molar-refractivity contribution in [2.45, 2.75) is 81.7 Å². The number of aliphatic hydroxyl groups is 6. The minimum atomic E-state index is -4.27. The van der Waals surface area contributed by atoms with E-state index in [0.29, 0.717) is 0 Å². The molecule has 270 valence electrons. The van der Waals surface area contributed by atoms with Crippen molar-refractivity contribution in [1.29, 1.82) is 0 Å². The molecule has 10 atom stereocenters. The molecule has 1 aromatic heterocycles. The molecule has 0 radical (unpaired) electrons. The molecule has 9 N–H and O–H groups in total. The lowest BCUT2D eigenvalue weighted by Crippen LogP contribution is -2.61. The summed E-state index contributed by atoms with van der Waals surface area (Å²) in [6.45, 7) is 2.32. The number of aliphatic hydroxyl groups excluding tert-OH is 6. The molecule has 0 bridgehead atoms. The van der Waals surface area contributed by atoms with Gasteiger partial charge in [-0.1, -0.05) is 6.92 Å². The molecule has 0 unspecified atom stereocenters. The van der Waals surface area contributed by atoms with E-state index in [1.165, 1.54) is 13.0 Å². The smallest absolute Gasteiger partial charge is 0.309 e. The third kappa shape index (κ3) is 7.41. The largest absolute Gasteiger partial charge is 0.508 e. The van der Waals surface area contributed by atoms with Crippen molar-refractivity contribution in [3.05, 3.63) is 40.6 Å². The van der Waals surface area contributed by atoms with Crippen molar-refractivity contribution in [3.8, 4) is 40.1 Å². The van der Waals surface area contributed by atoms with Gasteiger partial charge in [0.15, 0.2) is 29.3 Å². The molecule has 0 amide bonds. The fraction of sp³-hybridized carbons (Fsp3) is 0.500. The summed E-state index contributed by atoms with van der Waals surface area (Å²) in [7, 11) is -4.27. The van der Waals surface area contributed by atoms with Gasteiger partial charge in [-0.25, -0.2) is 0 Å². The van der Waals surface area contributed by atoms with Crippen LogP contribution >= 0.6 is 0 Å². The zero-order valence-electron chi connectivity index (χ0n) is 25.9. The molecule has 2 saturated heterocycles. The number of phenols is 3. The van der Waals surface area contributed by atoms with Crippen molar-refractivity contribution >= 4 is 21.1 Å². The Balaban J connectivity index is 1.55. The molecule has 0 aliphatic carbocycles. The van der Waals surface area contributed by atoms with Crippen molar-refractivity contribution in [1.82, 2.24) is 0 Å². The Hall–Kier alpha value is -3.76. The summed E-state index contributed by atoms with van der Waals surface area (Å²) >= 11 is 0. The van der Waals surface area contributed by atoms with Gasteiger partial charge >= 0.3 is 10.1 Å². The van der Waals surface area contributed by atoms with Crippen molar-refractivity contribution in [2.75, 3.05) is 12.4 Å². The van der Waals surface area contributed by atoms with Crippen LogP contribution in [-0.4, -0.2) is 128 Å². The van der Waals surface area contributed by atoms with Crippen LogP contribution in [0.2, 0.25) is 0 Å². The molecule has 2 aromatic carbocycles. The van der Waals surface area contributed by atoms with E-state index in [0.717, 1.165) is 24.3 Å². The fourth-order valence-electron chi connectivity index (χ4n) is 5.32. The molecule has 2 aliphatic rings. The lowest BCUT2D eigenvalue weighted by atomic mass is 9.98. The molecule has 2 fully saturated rings. The Bertz CT molecular complexity index is 1830. The highest BCUT2D eigenvalue weighted by molar-refractivity contribution is 7.87. The van der Waals surface area contributed by atoms with Crippen LogP contribution < -0.4 is 14.3 Å². The van der Waals surface area contributed by atoms with E-state index in [1.54, 1.807) is 6.92 Å². The highest BCUT2D eigenvalue weighted by atomic mass is 32.2. The summed E-state index contributed by atoms with van der Waals surface area (Å²) in [6.07, 6.45) is -16.5. The number of hydrogen-bond donors (Lipinski definition) is 9. The van der Waals surface area contributed by atoms with E-state index in [-0.39, 0.29) is 12.0 Å². The summed E-state index contributed by atoms with van der Waals surface area (Å²) < 4.78 is 58.3. The molecule has 3 aromatic rings. The fourth-order valence-corrected chi connectivity index (χ4v) is 6.31. The Morgan fingerprint density at radius 1 is 0.816 bits per heavy atom. The van der Waals surface area contributed by atoms with Gasteiger partial charge < -0.3 is 73.5 Å². The lowest BCUT2D eigenvalue weighted by Gasteiger charge is -2.42. The number of hydrogen-bond acceptors (Lipinski definition) is 18. The average Bonchev–Trinajstić information content (AvgIpc) is 3.03. The van der Waals surface area contributed by atoms with E-state index < -0.39 is 135 Å². The van der Waals surface area contributed by atoms with Crippen LogP contribution in [0.5, 0.6) is 28.7 Å². The first-order chi connectivity index (χ1) is 23.0. The van der Waals surface area contributed by atoms with Crippen molar-refractivity contribution in [3.63, 3.8) is 0 Å². The van der Waals surface area contributed by atoms with Gasteiger partial charge in [-0.2, -0.15) is 8.42 Å². The van der Waals surface area contributed by atoms with Crippen LogP contribution in [0.1, 0.15) is 20.3 Å². The Kier molecular flexibility index (Phi) is 10.6. The van der Waals surface area contributed by atoms with Crippen molar-refractivity contribution in [2.24, 2.45) is 0 Å². The van der Waals surface area contributed by atoms with Gasteiger partial charge in [-0.3, -0.25) is 4.79 Å². The Morgan fingerprint density at radius 3 is 2.16 bits per heavy atom. The van der Waals surface area contributed by atoms with E-state index in [1.807, 2.05) is 0 Å². The second-order valence-electron chi connectivity index (χ2n) is 11.6. The SMILES string of the molecule is CCCS(=O)(=O)Oc1cc(O)cc2oc(-c3ccc(O)c(O)c3)c(O[C@@H]3O[C@H](CO[C@@H]4O[C@@H](C)[C@H](O)[C@@H](O)[C@H]4O)[C@@H](O)[C@H](O)[C@H]3O)c(=O)c12. The van der Waals surface area contributed by atoms with Gasteiger partial charge in [0, 0.05) is 17.7 Å².